The molecule has 0 fully saturated rings. The molecule has 0 aliphatic heterocycles. The van der Waals surface area contributed by atoms with Crippen molar-refractivity contribution in [3.63, 3.8) is 0 Å². The maximum Gasteiger partial charge on any atom is 0.416 e. The summed E-state index contributed by atoms with van der Waals surface area (Å²) >= 11 is 0. The zero-order chi connectivity index (χ0) is 16.3. The average Bonchev–Trinajstić information content (AvgIpc) is 2.75. The molecule has 0 spiro atoms. The van der Waals surface area contributed by atoms with E-state index in [9.17, 15) is 26.3 Å². The Morgan fingerprint density at radius 1 is 0.773 bits per heavy atom. The third-order valence-corrected chi connectivity index (χ3v) is 3.56. The fourth-order valence-electron chi connectivity index (χ4n) is 2.52. The summed E-state index contributed by atoms with van der Waals surface area (Å²) < 4.78 is 77.0. The number of aryl methyl sites for hydroxylation is 1. The lowest BCUT2D eigenvalue weighted by Gasteiger charge is -2.09. The molecule has 0 bridgehead atoms. The van der Waals surface area contributed by atoms with Gasteiger partial charge in [-0.25, -0.2) is 0 Å². The number of aromatic amines is 1. The summed E-state index contributed by atoms with van der Waals surface area (Å²) in [5.74, 6) is 0. The summed E-state index contributed by atoms with van der Waals surface area (Å²) in [6.45, 7) is 1.48. The second kappa shape index (κ2) is 4.41. The highest BCUT2D eigenvalue weighted by Crippen LogP contribution is 2.38. The van der Waals surface area contributed by atoms with Crippen molar-refractivity contribution in [2.75, 3.05) is 0 Å². The number of hydrogen-bond donors (Lipinski definition) is 1. The molecule has 0 radical (unpaired) electrons. The van der Waals surface area contributed by atoms with E-state index >= 15 is 0 Å². The normalized spacial score (nSPS) is 13.2. The number of nitrogens with one attached hydrogen (secondary N) is 1. The van der Waals surface area contributed by atoms with E-state index in [0.29, 0.717) is 16.6 Å². The third kappa shape index (κ3) is 2.30. The molecule has 0 saturated carbocycles. The molecule has 0 aliphatic carbocycles. The molecule has 22 heavy (non-hydrogen) atoms. The van der Waals surface area contributed by atoms with Gasteiger partial charge >= 0.3 is 12.4 Å². The molecule has 2 aromatic carbocycles. The van der Waals surface area contributed by atoms with Gasteiger partial charge in [0.1, 0.15) is 0 Å². The van der Waals surface area contributed by atoms with Gasteiger partial charge in [0.05, 0.1) is 11.1 Å². The minimum Gasteiger partial charge on any atom is -0.354 e. The van der Waals surface area contributed by atoms with Crippen molar-refractivity contribution >= 4 is 21.8 Å². The highest BCUT2D eigenvalue weighted by atomic mass is 19.4. The van der Waals surface area contributed by atoms with E-state index in [2.05, 4.69) is 4.98 Å². The Morgan fingerprint density at radius 2 is 1.36 bits per heavy atom. The van der Waals surface area contributed by atoms with E-state index in [-0.39, 0.29) is 10.8 Å². The van der Waals surface area contributed by atoms with E-state index in [1.54, 1.807) is 0 Å². The van der Waals surface area contributed by atoms with Crippen LogP contribution in [-0.4, -0.2) is 4.98 Å². The molecule has 1 aromatic heterocycles. The molecular weight excluding hydrogens is 308 g/mol. The molecule has 0 saturated heterocycles. The van der Waals surface area contributed by atoms with Gasteiger partial charge in [-0.1, -0.05) is 0 Å². The molecule has 116 valence electrons. The Kier molecular flexibility index (Phi) is 2.95. The first-order valence-electron chi connectivity index (χ1n) is 6.28. The van der Waals surface area contributed by atoms with Crippen LogP contribution in [0.1, 0.15) is 16.7 Å². The molecule has 7 heteroatoms. The van der Waals surface area contributed by atoms with Crippen LogP contribution in [0.25, 0.3) is 21.8 Å². The van der Waals surface area contributed by atoms with Crippen molar-refractivity contribution in [2.45, 2.75) is 19.3 Å². The number of alkyl halides is 6. The summed E-state index contributed by atoms with van der Waals surface area (Å²) in [6.07, 6.45) is -9.10. The molecule has 1 heterocycles. The number of H-pyrrole nitrogens is 1. The van der Waals surface area contributed by atoms with Crippen LogP contribution in [0, 0.1) is 6.92 Å². The second-order valence-electron chi connectivity index (χ2n) is 5.10. The van der Waals surface area contributed by atoms with Gasteiger partial charge in [-0.15, -0.1) is 0 Å². The number of halogens is 6. The molecule has 0 atom stereocenters. The summed E-state index contributed by atoms with van der Waals surface area (Å²) in [6, 6.07) is 4.85. The largest absolute Gasteiger partial charge is 0.416 e. The molecule has 1 nitrogen and oxygen atoms in total. The van der Waals surface area contributed by atoms with Gasteiger partial charge in [-0.3, -0.25) is 0 Å². The van der Waals surface area contributed by atoms with Gasteiger partial charge in [0.25, 0.3) is 0 Å². The predicted octanol–water partition coefficient (Wildman–Crippen LogP) is 5.67. The average molecular weight is 317 g/mol. The standard InChI is InChI=1S/C15H9F6N/c1-7-4-9(15(19,20)21)6-11-10-5-8(14(16,17)18)2-3-12(10)22-13(7)11/h2-6,22H,1H3. The molecular formula is C15H9F6N. The number of rotatable bonds is 0. The molecule has 3 aromatic rings. The Balaban J connectivity index is 2.37. The van der Waals surface area contributed by atoms with Crippen molar-refractivity contribution in [1.29, 1.82) is 0 Å². The molecule has 0 unspecified atom stereocenters. The maximum atomic E-state index is 12.9. The maximum absolute atomic E-state index is 12.9. The van der Waals surface area contributed by atoms with Crippen LogP contribution >= 0.6 is 0 Å². The van der Waals surface area contributed by atoms with Crippen LogP contribution in [0.15, 0.2) is 30.3 Å². The van der Waals surface area contributed by atoms with Crippen LogP contribution < -0.4 is 0 Å². The Morgan fingerprint density at radius 3 is 1.95 bits per heavy atom. The number of hydrogen-bond acceptors (Lipinski definition) is 0. The monoisotopic (exact) mass is 317 g/mol. The zero-order valence-corrected chi connectivity index (χ0v) is 11.2. The van der Waals surface area contributed by atoms with Crippen LogP contribution in [0.4, 0.5) is 26.3 Å². The van der Waals surface area contributed by atoms with Crippen LogP contribution in [0.3, 0.4) is 0 Å². The third-order valence-electron chi connectivity index (χ3n) is 3.56. The molecule has 1 N–H and O–H groups in total. The van der Waals surface area contributed by atoms with Crippen molar-refractivity contribution < 1.29 is 26.3 Å². The highest BCUT2D eigenvalue weighted by Gasteiger charge is 2.33. The van der Waals surface area contributed by atoms with Gasteiger partial charge in [0.15, 0.2) is 0 Å². The second-order valence-corrected chi connectivity index (χ2v) is 5.10. The first-order valence-corrected chi connectivity index (χ1v) is 6.28. The number of benzene rings is 2. The van der Waals surface area contributed by atoms with E-state index in [1.807, 2.05) is 0 Å². The lowest BCUT2D eigenvalue weighted by Crippen LogP contribution is -2.05. The van der Waals surface area contributed by atoms with E-state index in [4.69, 9.17) is 0 Å². The fraction of sp³-hybridized carbons (Fsp3) is 0.200. The molecule has 0 amide bonds. The van der Waals surface area contributed by atoms with Crippen LogP contribution in [0.5, 0.6) is 0 Å². The van der Waals surface area contributed by atoms with Gasteiger partial charge in [-0.2, -0.15) is 26.3 Å². The summed E-state index contributed by atoms with van der Waals surface area (Å²) in [7, 11) is 0. The van der Waals surface area contributed by atoms with Gasteiger partial charge in [0, 0.05) is 21.8 Å². The van der Waals surface area contributed by atoms with E-state index < -0.39 is 23.5 Å². The summed E-state index contributed by atoms with van der Waals surface area (Å²) in [5, 5.41) is 0.257. The fourth-order valence-corrected chi connectivity index (χ4v) is 2.52. The number of aromatic nitrogens is 1. The molecule has 3 rings (SSSR count). The van der Waals surface area contributed by atoms with Gasteiger partial charge in [-0.05, 0) is 42.8 Å². The van der Waals surface area contributed by atoms with Crippen molar-refractivity contribution in [1.82, 2.24) is 4.98 Å². The van der Waals surface area contributed by atoms with E-state index in [0.717, 1.165) is 24.3 Å². The van der Waals surface area contributed by atoms with Crippen LogP contribution in [-0.2, 0) is 12.4 Å². The summed E-state index contributed by atoms with van der Waals surface area (Å²) in [4.78, 5) is 2.87. The Labute approximate surface area is 120 Å². The SMILES string of the molecule is Cc1cc(C(F)(F)F)cc2c1[nH]c1ccc(C(F)(F)F)cc12. The van der Waals surface area contributed by atoms with Gasteiger partial charge in [0.2, 0.25) is 0 Å². The van der Waals surface area contributed by atoms with Crippen molar-refractivity contribution in [3.05, 3.63) is 47.0 Å². The van der Waals surface area contributed by atoms with Crippen molar-refractivity contribution in [3.8, 4) is 0 Å². The minimum absolute atomic E-state index is 0.124. The first kappa shape index (κ1) is 14.7. The predicted molar refractivity (Wildman–Crippen MR) is 70.5 cm³/mol. The lowest BCUT2D eigenvalue weighted by atomic mass is 10.0. The number of fused-ring (bicyclic) bond motifs is 3. The first-order chi connectivity index (χ1) is 10.1. The Hall–Kier alpha value is -2.18. The van der Waals surface area contributed by atoms with Crippen molar-refractivity contribution in [2.24, 2.45) is 0 Å². The lowest BCUT2D eigenvalue weighted by molar-refractivity contribution is -0.138. The topological polar surface area (TPSA) is 15.8 Å². The van der Waals surface area contributed by atoms with E-state index in [1.165, 1.54) is 13.0 Å². The molecule has 0 aliphatic rings. The van der Waals surface area contributed by atoms with Crippen LogP contribution in [0.2, 0.25) is 0 Å². The highest BCUT2D eigenvalue weighted by molar-refractivity contribution is 6.08. The minimum atomic E-state index is -4.55. The smallest absolute Gasteiger partial charge is 0.354 e. The van der Waals surface area contributed by atoms with Gasteiger partial charge < -0.3 is 4.98 Å². The summed E-state index contributed by atoms with van der Waals surface area (Å²) in [5.41, 5.74) is -0.672. The quantitative estimate of drug-likeness (QED) is 0.514. The Bertz CT molecular complexity index is 869. The zero-order valence-electron chi connectivity index (χ0n) is 11.2.